The van der Waals surface area contributed by atoms with Gasteiger partial charge in [0.2, 0.25) is 5.91 Å². The number of nitrogens with zero attached hydrogens (tertiary/aromatic N) is 2. The number of morpholine rings is 1. The number of carbonyl (C=O) groups is 2. The van der Waals surface area contributed by atoms with E-state index in [0.29, 0.717) is 31.9 Å². The molecule has 2 heterocycles. The minimum absolute atomic E-state index is 0.106. The van der Waals surface area contributed by atoms with Crippen molar-refractivity contribution in [3.05, 3.63) is 45.7 Å². The molecule has 1 aromatic heterocycles. The van der Waals surface area contributed by atoms with Crippen LogP contribution in [-0.4, -0.2) is 59.8 Å². The Morgan fingerprint density at radius 3 is 3.07 bits per heavy atom. The van der Waals surface area contributed by atoms with E-state index < -0.39 is 5.82 Å². The molecule has 162 valence electrons. The molecule has 0 bridgehead atoms. The quantitative estimate of drug-likeness (QED) is 0.533. The molecule has 0 spiro atoms. The lowest BCUT2D eigenvalue weighted by Crippen LogP contribution is -2.57. The fourth-order valence-corrected chi connectivity index (χ4v) is 4.78. The summed E-state index contributed by atoms with van der Waals surface area (Å²) in [7, 11) is 0. The average molecular weight is 474 g/mol. The molecule has 1 fully saturated rings. The number of halogens is 2. The Morgan fingerprint density at radius 2 is 2.30 bits per heavy atom. The number of aromatic nitrogens is 1. The molecule has 1 aliphatic heterocycles. The van der Waals surface area contributed by atoms with E-state index in [-0.39, 0.29) is 35.1 Å². The normalized spacial score (nSPS) is 17.1. The van der Waals surface area contributed by atoms with Crippen LogP contribution in [0, 0.1) is 5.82 Å². The van der Waals surface area contributed by atoms with Gasteiger partial charge in [-0.05, 0) is 17.7 Å². The van der Waals surface area contributed by atoms with Crippen LogP contribution in [0.2, 0.25) is 5.02 Å². The van der Waals surface area contributed by atoms with Gasteiger partial charge in [-0.15, -0.1) is 11.3 Å². The zero-order valence-corrected chi connectivity index (χ0v) is 18.6. The standard InChI is InChI=1S/C19H22ClFN4O3S2/c20-15-2-1-12(5-16(15)21)8-25-3-4-28-14(9-25)7-23-18(27)11-30-19-24-13(10-29-19)6-17(22)26/h1-2,5,10,14H,3-4,6-9,11H2,(H2,22,26)(H,23,27)/p+1. The molecular weight excluding hydrogens is 451 g/mol. The van der Waals surface area contributed by atoms with Crippen molar-refractivity contribution in [3.8, 4) is 0 Å². The lowest BCUT2D eigenvalue weighted by molar-refractivity contribution is -0.304. The van der Waals surface area contributed by atoms with Crippen LogP contribution < -0.4 is 11.1 Å². The third-order valence-electron chi connectivity index (χ3n) is 4.38. The van der Waals surface area contributed by atoms with Gasteiger partial charge in [0.15, 0.2) is 4.34 Å². The highest BCUT2D eigenvalue weighted by Crippen LogP contribution is 2.22. The molecule has 4 N–H and O–H groups in total. The number of rotatable bonds is 9. The van der Waals surface area contributed by atoms with E-state index in [4.69, 9.17) is 16.3 Å². The number of thiazole rings is 1. The first-order chi connectivity index (χ1) is 14.4. The van der Waals surface area contributed by atoms with Gasteiger partial charge < -0.3 is 10.1 Å². The summed E-state index contributed by atoms with van der Waals surface area (Å²) in [5, 5.41) is 4.81. The highest BCUT2D eigenvalue weighted by Gasteiger charge is 2.21. The van der Waals surface area contributed by atoms with E-state index in [1.807, 2.05) is 6.07 Å². The average Bonchev–Trinajstić information content (AvgIpc) is 3.14. The maximum absolute atomic E-state index is 13.6. The third kappa shape index (κ3) is 7.29. The van der Waals surface area contributed by atoms with Crippen molar-refractivity contribution in [2.24, 2.45) is 0 Å². The first-order valence-electron chi connectivity index (χ1n) is 9.35. The van der Waals surface area contributed by atoms with E-state index in [1.165, 1.54) is 29.2 Å². The van der Waals surface area contributed by atoms with Gasteiger partial charge in [-0.25, -0.2) is 14.2 Å². The second kappa shape index (κ2) is 11.2. The van der Waals surface area contributed by atoms with Crippen LogP contribution in [0.1, 0.15) is 11.3 Å². The Morgan fingerprint density at radius 1 is 1.47 bits per heavy atom. The zero-order valence-electron chi connectivity index (χ0n) is 16.2. The van der Waals surface area contributed by atoms with E-state index in [0.717, 1.165) is 16.4 Å². The summed E-state index contributed by atoms with van der Waals surface area (Å²) in [6.45, 7) is 2.95. The van der Waals surface area contributed by atoms with E-state index in [9.17, 15) is 14.0 Å². The Bertz CT molecular complexity index is 898. The maximum atomic E-state index is 13.6. The summed E-state index contributed by atoms with van der Waals surface area (Å²) < 4.78 is 20.1. The summed E-state index contributed by atoms with van der Waals surface area (Å²) >= 11 is 8.48. The zero-order chi connectivity index (χ0) is 21.5. The molecule has 0 radical (unpaired) electrons. The smallest absolute Gasteiger partial charge is 0.314 e. The van der Waals surface area contributed by atoms with Crippen LogP contribution >= 0.6 is 34.7 Å². The molecule has 1 saturated heterocycles. The first-order valence-corrected chi connectivity index (χ1v) is 11.6. The van der Waals surface area contributed by atoms with Crippen molar-refractivity contribution >= 4 is 46.5 Å². The molecule has 30 heavy (non-hydrogen) atoms. The number of hydrogen-bond donors (Lipinski definition) is 2. The SMILES string of the molecule is [NH3+]C(=O)Cc1csc(SCC(=O)NCC2CN(Cc3ccc(Cl)c(F)c3)CCO2)n1. The third-order valence-corrected chi connectivity index (χ3v) is 6.75. The van der Waals surface area contributed by atoms with Crippen molar-refractivity contribution in [2.75, 3.05) is 32.0 Å². The van der Waals surface area contributed by atoms with Crippen LogP contribution in [0.3, 0.4) is 0 Å². The van der Waals surface area contributed by atoms with Gasteiger partial charge in [0.25, 0.3) is 0 Å². The minimum atomic E-state index is -0.422. The summed E-state index contributed by atoms with van der Waals surface area (Å²) in [4.78, 5) is 29.6. The molecule has 3 rings (SSSR count). The fraction of sp³-hybridized carbons (Fsp3) is 0.421. The van der Waals surface area contributed by atoms with Gasteiger partial charge >= 0.3 is 5.91 Å². The molecule has 0 aliphatic carbocycles. The number of benzene rings is 1. The molecule has 1 atom stereocenters. The van der Waals surface area contributed by atoms with Crippen LogP contribution in [0.25, 0.3) is 0 Å². The number of quaternary nitrogens is 1. The highest BCUT2D eigenvalue weighted by molar-refractivity contribution is 8.01. The summed E-state index contributed by atoms with van der Waals surface area (Å²) in [5.74, 6) is -0.469. The largest absolute Gasteiger partial charge is 0.374 e. The fourth-order valence-electron chi connectivity index (χ4n) is 2.99. The lowest BCUT2D eigenvalue weighted by Gasteiger charge is -2.33. The van der Waals surface area contributed by atoms with Crippen molar-refractivity contribution < 1.29 is 24.5 Å². The van der Waals surface area contributed by atoms with Crippen molar-refractivity contribution in [1.29, 1.82) is 0 Å². The lowest BCUT2D eigenvalue weighted by atomic mass is 10.2. The number of thioether (sulfide) groups is 1. The van der Waals surface area contributed by atoms with Crippen LogP contribution in [0.4, 0.5) is 4.39 Å². The predicted octanol–water partition coefficient (Wildman–Crippen LogP) is 1.36. The topological polar surface area (TPSA) is 99.2 Å². The molecule has 1 unspecified atom stereocenters. The van der Waals surface area contributed by atoms with Gasteiger partial charge in [0.05, 0.1) is 29.2 Å². The predicted molar refractivity (Wildman–Crippen MR) is 114 cm³/mol. The maximum Gasteiger partial charge on any atom is 0.314 e. The van der Waals surface area contributed by atoms with Gasteiger partial charge in [-0.2, -0.15) is 0 Å². The Balaban J connectivity index is 1.39. The monoisotopic (exact) mass is 473 g/mol. The molecule has 0 saturated carbocycles. The summed E-state index contributed by atoms with van der Waals surface area (Å²) in [5.41, 5.74) is 4.87. The second-order valence-electron chi connectivity index (χ2n) is 6.89. The minimum Gasteiger partial charge on any atom is -0.374 e. The molecule has 11 heteroatoms. The molecule has 1 aliphatic rings. The molecule has 1 aromatic carbocycles. The van der Waals surface area contributed by atoms with Crippen LogP contribution in [0.15, 0.2) is 27.9 Å². The highest BCUT2D eigenvalue weighted by atomic mass is 35.5. The number of carbonyl (C=O) groups excluding carboxylic acids is 2. The second-order valence-corrected chi connectivity index (χ2v) is 9.38. The van der Waals surface area contributed by atoms with Gasteiger partial charge in [0.1, 0.15) is 12.2 Å². The van der Waals surface area contributed by atoms with E-state index in [2.05, 4.69) is 20.9 Å². The van der Waals surface area contributed by atoms with Gasteiger partial charge in [0, 0.05) is 31.6 Å². The van der Waals surface area contributed by atoms with E-state index in [1.54, 1.807) is 11.4 Å². The Hall–Kier alpha value is -1.56. The van der Waals surface area contributed by atoms with Crippen molar-refractivity contribution in [2.45, 2.75) is 23.4 Å². The number of nitrogens with one attached hydrogen (secondary N) is 1. The summed E-state index contributed by atoms with van der Waals surface area (Å²) in [6.07, 6.45) is 0.0842. The van der Waals surface area contributed by atoms with Gasteiger partial charge in [-0.1, -0.05) is 29.4 Å². The van der Waals surface area contributed by atoms with Crippen molar-refractivity contribution in [1.82, 2.24) is 15.2 Å². The summed E-state index contributed by atoms with van der Waals surface area (Å²) in [6, 6.07) is 4.82. The van der Waals surface area contributed by atoms with Crippen LogP contribution in [-0.2, 0) is 27.3 Å². The number of ether oxygens (including phenoxy) is 1. The first kappa shape index (κ1) is 23.1. The van der Waals surface area contributed by atoms with Gasteiger partial charge in [-0.3, -0.25) is 15.4 Å². The van der Waals surface area contributed by atoms with E-state index >= 15 is 0 Å². The molecule has 2 aromatic rings. The number of amides is 2. The Kier molecular flexibility index (Phi) is 8.61. The molecular formula is C19H23ClFN4O3S2+. The number of hydrogen-bond acceptors (Lipinski definition) is 7. The van der Waals surface area contributed by atoms with Crippen LogP contribution in [0.5, 0.6) is 0 Å². The molecule has 2 amide bonds. The van der Waals surface area contributed by atoms with Crippen molar-refractivity contribution in [3.63, 3.8) is 0 Å². The Labute approximate surface area is 187 Å². The molecule has 7 nitrogen and oxygen atoms in total.